The van der Waals surface area contributed by atoms with Gasteiger partial charge in [-0.05, 0) is 60.7 Å². The first kappa shape index (κ1) is 28.7. The summed E-state index contributed by atoms with van der Waals surface area (Å²) in [4.78, 5) is 37.4. The van der Waals surface area contributed by atoms with Gasteiger partial charge in [0.05, 0.1) is 11.1 Å². The van der Waals surface area contributed by atoms with Crippen molar-refractivity contribution in [1.82, 2.24) is 5.32 Å². The Balaban J connectivity index is 1.51. The molecule has 0 heterocycles. The van der Waals surface area contributed by atoms with Crippen LogP contribution in [0.4, 0.5) is 18.0 Å². The number of carboxylic acids is 1. The first-order chi connectivity index (χ1) is 18.7. The summed E-state index contributed by atoms with van der Waals surface area (Å²) in [6.45, 7) is 4.60. The summed E-state index contributed by atoms with van der Waals surface area (Å²) in [6, 6.07) is 16.2. The molecule has 4 rings (SSSR count). The first-order valence-electron chi connectivity index (χ1n) is 12.5. The van der Waals surface area contributed by atoms with Crippen molar-refractivity contribution < 1.29 is 42.1 Å². The fourth-order valence-electron chi connectivity index (χ4n) is 4.66. The van der Waals surface area contributed by atoms with Gasteiger partial charge in [0.1, 0.15) is 18.2 Å². The van der Waals surface area contributed by atoms with Crippen LogP contribution < -0.4 is 5.32 Å². The Morgan fingerprint density at radius 1 is 0.925 bits per heavy atom. The third-order valence-corrected chi connectivity index (χ3v) is 6.41. The Morgan fingerprint density at radius 2 is 1.50 bits per heavy atom. The maximum Gasteiger partial charge on any atom is 0.416 e. The van der Waals surface area contributed by atoms with Gasteiger partial charge in [0.2, 0.25) is 0 Å². The van der Waals surface area contributed by atoms with Gasteiger partial charge in [0, 0.05) is 12.3 Å². The van der Waals surface area contributed by atoms with Gasteiger partial charge in [-0.3, -0.25) is 0 Å². The number of aliphatic carboxylic acids is 1. The number of carbonyl (C=O) groups is 3. The predicted octanol–water partition coefficient (Wildman–Crippen LogP) is 6.20. The second kappa shape index (κ2) is 11.0. The van der Waals surface area contributed by atoms with Crippen LogP contribution in [-0.2, 0) is 26.9 Å². The van der Waals surface area contributed by atoms with Gasteiger partial charge in [-0.15, -0.1) is 0 Å². The normalized spacial score (nSPS) is 13.7. The lowest BCUT2D eigenvalue weighted by atomic mass is 9.97. The third-order valence-electron chi connectivity index (χ3n) is 6.41. The third kappa shape index (κ3) is 6.44. The Kier molecular flexibility index (Phi) is 7.91. The van der Waals surface area contributed by atoms with Crippen LogP contribution in [0.2, 0.25) is 0 Å². The van der Waals surface area contributed by atoms with Gasteiger partial charge in [0.15, 0.2) is 0 Å². The number of ether oxygens (including phenoxy) is 2. The minimum Gasteiger partial charge on any atom is -0.480 e. The molecule has 40 heavy (non-hydrogen) atoms. The summed E-state index contributed by atoms with van der Waals surface area (Å²) in [7, 11) is 0. The summed E-state index contributed by atoms with van der Waals surface area (Å²) < 4.78 is 50.7. The van der Waals surface area contributed by atoms with Gasteiger partial charge in [-0.25, -0.2) is 14.4 Å². The van der Waals surface area contributed by atoms with Crippen molar-refractivity contribution in [2.75, 3.05) is 6.61 Å². The zero-order valence-corrected chi connectivity index (χ0v) is 22.0. The summed E-state index contributed by atoms with van der Waals surface area (Å²) in [5, 5.41) is 12.0. The summed E-state index contributed by atoms with van der Waals surface area (Å²) >= 11 is 0. The molecule has 1 atom stereocenters. The van der Waals surface area contributed by atoms with E-state index < -0.39 is 53.4 Å². The highest BCUT2D eigenvalue weighted by molar-refractivity contribution is 5.92. The molecule has 0 unspecified atom stereocenters. The average Bonchev–Trinajstić information content (AvgIpc) is 3.19. The molecule has 0 aromatic heterocycles. The van der Waals surface area contributed by atoms with Crippen LogP contribution in [0.15, 0.2) is 66.7 Å². The number of hydrogen-bond acceptors (Lipinski definition) is 5. The number of esters is 1. The molecule has 2 N–H and O–H groups in total. The van der Waals surface area contributed by atoms with E-state index in [1.807, 2.05) is 48.5 Å². The second-order valence-corrected chi connectivity index (χ2v) is 10.4. The molecule has 1 aliphatic carbocycles. The Hall–Kier alpha value is -4.34. The molecule has 0 spiro atoms. The fourth-order valence-corrected chi connectivity index (χ4v) is 4.66. The molecule has 1 amide bonds. The number of halogens is 3. The second-order valence-electron chi connectivity index (χ2n) is 10.4. The van der Waals surface area contributed by atoms with Gasteiger partial charge in [0.25, 0.3) is 0 Å². The van der Waals surface area contributed by atoms with Gasteiger partial charge < -0.3 is 19.9 Å². The Morgan fingerprint density at radius 3 is 2.02 bits per heavy atom. The standard InChI is InChI=1S/C30H28F3NO6/c1-29(2,3)40-27(37)23-15-18(30(31,32)33)13-12-17(23)14-25(26(35)36)34-28(38)39-16-24-21-10-6-4-8-19(21)20-9-5-7-11-22(20)24/h4-13,15,24-25H,14,16H2,1-3H3,(H,34,38)(H,35,36)/t25-/m0/s1. The van der Waals surface area contributed by atoms with Crippen molar-refractivity contribution in [2.45, 2.75) is 50.9 Å². The zero-order valence-electron chi connectivity index (χ0n) is 22.0. The summed E-state index contributed by atoms with van der Waals surface area (Å²) in [6.07, 6.45) is -6.23. The Bertz CT molecular complexity index is 1400. The number of carbonyl (C=O) groups excluding carboxylic acids is 2. The predicted molar refractivity (Wildman–Crippen MR) is 140 cm³/mol. The van der Waals surface area contributed by atoms with Crippen LogP contribution in [0.3, 0.4) is 0 Å². The molecule has 3 aromatic carbocycles. The molecule has 0 bridgehead atoms. The number of nitrogens with one attached hydrogen (secondary N) is 1. The number of rotatable bonds is 7. The van der Waals surface area contributed by atoms with Crippen LogP contribution in [-0.4, -0.2) is 41.4 Å². The van der Waals surface area contributed by atoms with Gasteiger partial charge in [-0.2, -0.15) is 13.2 Å². The van der Waals surface area contributed by atoms with E-state index >= 15 is 0 Å². The number of benzene rings is 3. The molecule has 0 saturated carbocycles. The van der Waals surface area contributed by atoms with Crippen LogP contribution in [0.1, 0.15) is 59.3 Å². The smallest absolute Gasteiger partial charge is 0.416 e. The van der Waals surface area contributed by atoms with Crippen molar-refractivity contribution in [2.24, 2.45) is 0 Å². The maximum atomic E-state index is 13.3. The summed E-state index contributed by atoms with van der Waals surface area (Å²) in [5.41, 5.74) is 1.41. The number of alkyl carbamates (subject to hydrolysis) is 1. The lowest BCUT2D eigenvalue weighted by Crippen LogP contribution is -2.43. The van der Waals surface area contributed by atoms with Gasteiger partial charge in [-0.1, -0.05) is 54.6 Å². The van der Waals surface area contributed by atoms with Crippen molar-refractivity contribution in [3.63, 3.8) is 0 Å². The van der Waals surface area contributed by atoms with E-state index in [4.69, 9.17) is 9.47 Å². The fraction of sp³-hybridized carbons (Fsp3) is 0.300. The lowest BCUT2D eigenvalue weighted by molar-refractivity contribution is -0.139. The van der Waals surface area contributed by atoms with Crippen LogP contribution in [0.25, 0.3) is 11.1 Å². The number of carboxylic acid groups (broad SMARTS) is 1. The van der Waals surface area contributed by atoms with E-state index in [1.165, 1.54) is 0 Å². The highest BCUT2D eigenvalue weighted by Crippen LogP contribution is 2.44. The zero-order chi connectivity index (χ0) is 29.2. The van der Waals surface area contributed by atoms with E-state index in [9.17, 15) is 32.7 Å². The van der Waals surface area contributed by atoms with Crippen molar-refractivity contribution in [1.29, 1.82) is 0 Å². The molecule has 0 fully saturated rings. The summed E-state index contributed by atoms with van der Waals surface area (Å²) in [5.74, 6) is -2.75. The monoisotopic (exact) mass is 555 g/mol. The lowest BCUT2D eigenvalue weighted by Gasteiger charge is -2.22. The minimum atomic E-state index is -4.74. The molecule has 7 nitrogen and oxygen atoms in total. The quantitative estimate of drug-likeness (QED) is 0.337. The van der Waals surface area contributed by atoms with Crippen LogP contribution >= 0.6 is 0 Å². The highest BCUT2D eigenvalue weighted by Gasteiger charge is 2.34. The first-order valence-corrected chi connectivity index (χ1v) is 12.5. The van der Waals surface area contributed by atoms with E-state index in [1.54, 1.807) is 20.8 Å². The number of fused-ring (bicyclic) bond motifs is 3. The van der Waals surface area contributed by atoms with Crippen molar-refractivity contribution in [3.05, 3.63) is 94.5 Å². The number of alkyl halides is 3. The minimum absolute atomic E-state index is 0.0337. The average molecular weight is 556 g/mol. The van der Waals surface area contributed by atoms with Crippen LogP contribution in [0.5, 0.6) is 0 Å². The van der Waals surface area contributed by atoms with E-state index in [2.05, 4.69) is 5.32 Å². The maximum absolute atomic E-state index is 13.3. The SMILES string of the molecule is CC(C)(C)OC(=O)c1cc(C(F)(F)F)ccc1C[C@H](NC(=O)OCC1c2ccccc2-c2ccccc21)C(=O)O. The molecule has 1 aliphatic rings. The number of hydrogen-bond donors (Lipinski definition) is 2. The molecule has 0 radical (unpaired) electrons. The van der Waals surface area contributed by atoms with Gasteiger partial charge >= 0.3 is 24.2 Å². The molecule has 0 aliphatic heterocycles. The highest BCUT2D eigenvalue weighted by atomic mass is 19.4. The van der Waals surface area contributed by atoms with E-state index in [0.29, 0.717) is 6.07 Å². The molecule has 3 aromatic rings. The molecule has 0 saturated heterocycles. The Labute approximate surface area is 228 Å². The van der Waals surface area contributed by atoms with E-state index in [-0.39, 0.29) is 18.1 Å². The molecular formula is C30H28F3NO6. The number of amides is 1. The molecule has 210 valence electrons. The van der Waals surface area contributed by atoms with Crippen LogP contribution in [0, 0.1) is 0 Å². The topological polar surface area (TPSA) is 102 Å². The van der Waals surface area contributed by atoms with E-state index in [0.717, 1.165) is 34.4 Å². The van der Waals surface area contributed by atoms with Crippen molar-refractivity contribution >= 4 is 18.0 Å². The molecule has 10 heteroatoms. The molecular weight excluding hydrogens is 527 g/mol. The largest absolute Gasteiger partial charge is 0.480 e. The van der Waals surface area contributed by atoms with Crippen molar-refractivity contribution in [3.8, 4) is 11.1 Å².